The van der Waals surface area contributed by atoms with Crippen molar-refractivity contribution in [3.8, 4) is 17.0 Å². The van der Waals surface area contributed by atoms with E-state index in [9.17, 15) is 0 Å². The highest BCUT2D eigenvalue weighted by molar-refractivity contribution is 5.82. The summed E-state index contributed by atoms with van der Waals surface area (Å²) in [5, 5.41) is 4.26. The Morgan fingerprint density at radius 2 is 1.94 bits per heavy atom. The summed E-state index contributed by atoms with van der Waals surface area (Å²) in [6, 6.07) is 12.6. The van der Waals surface area contributed by atoms with E-state index in [0.717, 1.165) is 51.5 Å². The average Bonchev–Trinajstić information content (AvgIpc) is 3.57. The van der Waals surface area contributed by atoms with Gasteiger partial charge in [-0.25, -0.2) is 4.98 Å². The van der Waals surface area contributed by atoms with E-state index < -0.39 is 0 Å². The summed E-state index contributed by atoms with van der Waals surface area (Å²) < 4.78 is 13.1. The highest BCUT2D eigenvalue weighted by atomic mass is 16.5. The molecular weight excluding hydrogens is 414 g/mol. The number of nitrogens with zero attached hydrogens (tertiary/aromatic N) is 5. The number of anilines is 2. The first-order valence-corrected chi connectivity index (χ1v) is 11.4. The normalized spacial score (nSPS) is 13.4. The van der Waals surface area contributed by atoms with Crippen molar-refractivity contribution >= 4 is 22.4 Å². The van der Waals surface area contributed by atoms with Crippen molar-refractivity contribution in [2.75, 3.05) is 25.2 Å². The molecule has 4 aromatic rings. The first-order chi connectivity index (χ1) is 16.1. The van der Waals surface area contributed by atoms with E-state index in [-0.39, 0.29) is 0 Å². The zero-order valence-corrected chi connectivity index (χ0v) is 19.4. The van der Waals surface area contributed by atoms with Crippen molar-refractivity contribution in [3.63, 3.8) is 0 Å². The SMILES string of the molecule is CCOCc1cc(OC)cc(N(CC2CC2)c2ccc3ncc(-c4cnn(C)c4)nc3c2)c1. The van der Waals surface area contributed by atoms with Gasteiger partial charge in [0.15, 0.2) is 0 Å². The van der Waals surface area contributed by atoms with Crippen LogP contribution >= 0.6 is 0 Å². The molecule has 2 aromatic heterocycles. The second kappa shape index (κ2) is 9.19. The van der Waals surface area contributed by atoms with Gasteiger partial charge in [0, 0.05) is 49.4 Å². The minimum absolute atomic E-state index is 0.565. The maximum absolute atomic E-state index is 5.67. The van der Waals surface area contributed by atoms with Crippen LogP contribution in [0.1, 0.15) is 25.3 Å². The zero-order valence-electron chi connectivity index (χ0n) is 19.4. The van der Waals surface area contributed by atoms with Crippen LogP contribution in [-0.2, 0) is 18.4 Å². The number of aromatic nitrogens is 4. The Kier molecular flexibility index (Phi) is 5.96. The Balaban J connectivity index is 1.55. The maximum atomic E-state index is 5.67. The molecule has 0 saturated heterocycles. The molecule has 7 heteroatoms. The Hall–Kier alpha value is -3.45. The van der Waals surface area contributed by atoms with Crippen LogP contribution in [0, 0.1) is 5.92 Å². The molecule has 0 aliphatic heterocycles. The van der Waals surface area contributed by atoms with Gasteiger partial charge in [0.2, 0.25) is 0 Å². The fraction of sp³-hybridized carbons (Fsp3) is 0.346. The second-order valence-corrected chi connectivity index (χ2v) is 8.56. The molecule has 0 unspecified atom stereocenters. The minimum Gasteiger partial charge on any atom is -0.497 e. The zero-order chi connectivity index (χ0) is 22.8. The molecule has 0 N–H and O–H groups in total. The number of benzene rings is 2. The number of aryl methyl sites for hydroxylation is 1. The van der Waals surface area contributed by atoms with Crippen LogP contribution in [0.4, 0.5) is 11.4 Å². The van der Waals surface area contributed by atoms with Gasteiger partial charge < -0.3 is 14.4 Å². The molecule has 1 fully saturated rings. The molecule has 1 saturated carbocycles. The summed E-state index contributed by atoms with van der Waals surface area (Å²) in [5.41, 5.74) is 6.83. The van der Waals surface area contributed by atoms with Crippen LogP contribution in [0.15, 0.2) is 55.0 Å². The Morgan fingerprint density at radius 1 is 1.06 bits per heavy atom. The molecule has 5 rings (SSSR count). The number of hydrogen-bond acceptors (Lipinski definition) is 6. The molecule has 2 heterocycles. The molecule has 0 atom stereocenters. The van der Waals surface area contributed by atoms with Crippen LogP contribution in [0.5, 0.6) is 5.75 Å². The lowest BCUT2D eigenvalue weighted by Gasteiger charge is -2.26. The van der Waals surface area contributed by atoms with Gasteiger partial charge in [-0.2, -0.15) is 5.10 Å². The van der Waals surface area contributed by atoms with Crippen LogP contribution in [0.2, 0.25) is 0 Å². The lowest BCUT2D eigenvalue weighted by molar-refractivity contribution is 0.134. The van der Waals surface area contributed by atoms with Crippen molar-refractivity contribution in [3.05, 3.63) is 60.6 Å². The summed E-state index contributed by atoms with van der Waals surface area (Å²) in [6.07, 6.45) is 8.11. The Labute approximate surface area is 194 Å². The monoisotopic (exact) mass is 443 g/mol. The molecule has 0 radical (unpaired) electrons. The summed E-state index contributed by atoms with van der Waals surface area (Å²) >= 11 is 0. The standard InChI is InChI=1S/C26H29N5O2/c1-4-33-17-19-9-22(11-23(10-19)32-3)31(15-18-5-6-18)21-7-8-24-25(12-21)29-26(14-27-24)20-13-28-30(2)16-20/h7-14,16,18H,4-6,15,17H2,1-3H3. The molecule has 7 nitrogen and oxygen atoms in total. The van der Waals surface area contributed by atoms with Gasteiger partial charge in [-0.1, -0.05) is 0 Å². The van der Waals surface area contributed by atoms with E-state index in [2.05, 4.69) is 39.2 Å². The molecule has 33 heavy (non-hydrogen) atoms. The highest BCUT2D eigenvalue weighted by Gasteiger charge is 2.26. The number of ether oxygens (including phenoxy) is 2. The van der Waals surface area contributed by atoms with Crippen molar-refractivity contribution < 1.29 is 9.47 Å². The predicted molar refractivity (Wildman–Crippen MR) is 130 cm³/mol. The smallest absolute Gasteiger partial charge is 0.121 e. The predicted octanol–water partition coefficient (Wildman–Crippen LogP) is 5.12. The molecule has 0 amide bonds. The summed E-state index contributed by atoms with van der Waals surface area (Å²) in [4.78, 5) is 11.9. The van der Waals surface area contributed by atoms with Crippen molar-refractivity contribution in [2.24, 2.45) is 13.0 Å². The molecule has 0 bridgehead atoms. The van der Waals surface area contributed by atoms with Gasteiger partial charge in [0.25, 0.3) is 0 Å². The maximum Gasteiger partial charge on any atom is 0.121 e. The van der Waals surface area contributed by atoms with Crippen LogP contribution in [-0.4, -0.2) is 40.0 Å². The van der Waals surface area contributed by atoms with Gasteiger partial charge in [-0.3, -0.25) is 9.67 Å². The molecule has 2 aromatic carbocycles. The molecule has 170 valence electrons. The van der Waals surface area contributed by atoms with Crippen molar-refractivity contribution in [1.29, 1.82) is 0 Å². The van der Waals surface area contributed by atoms with E-state index >= 15 is 0 Å². The van der Waals surface area contributed by atoms with Crippen molar-refractivity contribution in [1.82, 2.24) is 19.7 Å². The third kappa shape index (κ3) is 4.83. The molecular formula is C26H29N5O2. The van der Waals surface area contributed by atoms with Gasteiger partial charge in [0.1, 0.15) is 5.75 Å². The second-order valence-electron chi connectivity index (χ2n) is 8.56. The van der Waals surface area contributed by atoms with E-state index in [0.29, 0.717) is 19.1 Å². The fourth-order valence-electron chi connectivity index (χ4n) is 4.00. The van der Waals surface area contributed by atoms with Gasteiger partial charge >= 0.3 is 0 Å². The number of hydrogen-bond donors (Lipinski definition) is 0. The van der Waals surface area contributed by atoms with E-state index in [1.165, 1.54) is 12.8 Å². The Morgan fingerprint density at radius 3 is 2.67 bits per heavy atom. The third-order valence-corrected chi connectivity index (χ3v) is 5.95. The van der Waals surface area contributed by atoms with Crippen LogP contribution in [0.25, 0.3) is 22.3 Å². The van der Waals surface area contributed by atoms with Crippen LogP contribution < -0.4 is 9.64 Å². The van der Waals surface area contributed by atoms with Crippen LogP contribution in [0.3, 0.4) is 0 Å². The fourth-order valence-corrected chi connectivity index (χ4v) is 4.00. The molecule has 0 spiro atoms. The van der Waals surface area contributed by atoms with Gasteiger partial charge in [0.05, 0.1) is 42.8 Å². The lowest BCUT2D eigenvalue weighted by atomic mass is 10.1. The molecule has 1 aliphatic rings. The number of methoxy groups -OCH3 is 1. The topological polar surface area (TPSA) is 65.3 Å². The number of fused-ring (bicyclic) bond motifs is 1. The Bertz CT molecular complexity index is 1260. The number of rotatable bonds is 9. The average molecular weight is 444 g/mol. The minimum atomic E-state index is 0.565. The summed E-state index contributed by atoms with van der Waals surface area (Å²) in [5.74, 6) is 1.54. The third-order valence-electron chi connectivity index (χ3n) is 5.95. The van der Waals surface area contributed by atoms with E-state index in [4.69, 9.17) is 14.5 Å². The van der Waals surface area contributed by atoms with Crippen molar-refractivity contribution in [2.45, 2.75) is 26.4 Å². The van der Waals surface area contributed by atoms with Gasteiger partial charge in [-0.15, -0.1) is 0 Å². The van der Waals surface area contributed by atoms with Gasteiger partial charge in [-0.05, 0) is 61.6 Å². The summed E-state index contributed by atoms with van der Waals surface area (Å²) in [6.45, 7) is 4.22. The lowest BCUT2D eigenvalue weighted by Crippen LogP contribution is -2.20. The quantitative estimate of drug-likeness (QED) is 0.358. The van der Waals surface area contributed by atoms with E-state index in [1.807, 2.05) is 44.7 Å². The first kappa shape index (κ1) is 21.4. The summed E-state index contributed by atoms with van der Waals surface area (Å²) in [7, 11) is 3.61. The van der Waals surface area contributed by atoms with E-state index in [1.54, 1.807) is 11.8 Å². The largest absolute Gasteiger partial charge is 0.497 e. The first-order valence-electron chi connectivity index (χ1n) is 11.4. The molecule has 1 aliphatic carbocycles. The highest BCUT2D eigenvalue weighted by Crippen LogP contribution is 2.37.